The van der Waals surface area contributed by atoms with Crippen LogP contribution in [0.1, 0.15) is 106 Å². The van der Waals surface area contributed by atoms with Gasteiger partial charge >= 0.3 is 17.9 Å². The SMILES string of the molecule is CCCC1CCC(c2ccc(OC(=O)c3ccc(OCCCCCCOC(=O)CCC(=O)OC)cc3)cc2)CC1. The Balaban J connectivity index is 1.28. The first kappa shape index (κ1) is 31.2. The molecule has 40 heavy (non-hydrogen) atoms. The maximum absolute atomic E-state index is 12.6. The fourth-order valence-corrected chi connectivity index (χ4v) is 5.17. The molecule has 0 atom stereocenters. The predicted molar refractivity (Wildman–Crippen MR) is 154 cm³/mol. The second kappa shape index (κ2) is 17.4. The van der Waals surface area contributed by atoms with Gasteiger partial charge in [-0.15, -0.1) is 0 Å². The minimum absolute atomic E-state index is 0.0442. The molecule has 2 aromatic rings. The van der Waals surface area contributed by atoms with Crippen molar-refractivity contribution in [2.24, 2.45) is 5.92 Å². The Bertz CT molecular complexity index is 1040. The fraction of sp³-hybridized carbons (Fsp3) is 0.545. The van der Waals surface area contributed by atoms with Gasteiger partial charge in [0.15, 0.2) is 0 Å². The molecule has 1 saturated carbocycles. The smallest absolute Gasteiger partial charge is 0.343 e. The topological polar surface area (TPSA) is 88.1 Å². The molecule has 218 valence electrons. The van der Waals surface area contributed by atoms with Gasteiger partial charge in [-0.2, -0.15) is 0 Å². The average Bonchev–Trinajstić information content (AvgIpc) is 2.98. The Kier molecular flexibility index (Phi) is 13.5. The molecule has 1 aliphatic rings. The van der Waals surface area contributed by atoms with E-state index in [0.717, 1.165) is 31.6 Å². The largest absolute Gasteiger partial charge is 0.494 e. The maximum atomic E-state index is 12.6. The molecule has 0 N–H and O–H groups in total. The normalized spacial score (nSPS) is 16.6. The molecule has 0 aliphatic heterocycles. The van der Waals surface area contributed by atoms with E-state index >= 15 is 0 Å². The summed E-state index contributed by atoms with van der Waals surface area (Å²) in [6, 6.07) is 15.0. The van der Waals surface area contributed by atoms with Crippen LogP contribution in [0, 0.1) is 5.92 Å². The summed E-state index contributed by atoms with van der Waals surface area (Å²) >= 11 is 0. The van der Waals surface area contributed by atoms with E-state index in [2.05, 4.69) is 23.8 Å². The van der Waals surface area contributed by atoms with Crippen LogP contribution in [0.5, 0.6) is 11.5 Å². The van der Waals surface area contributed by atoms with Crippen molar-refractivity contribution < 1.29 is 33.3 Å². The van der Waals surface area contributed by atoms with Crippen molar-refractivity contribution in [1.29, 1.82) is 0 Å². The monoisotopic (exact) mass is 552 g/mol. The van der Waals surface area contributed by atoms with Crippen molar-refractivity contribution in [3.8, 4) is 11.5 Å². The van der Waals surface area contributed by atoms with Gasteiger partial charge in [0.05, 0.1) is 38.7 Å². The number of esters is 3. The summed E-state index contributed by atoms with van der Waals surface area (Å²) in [6.07, 6.45) is 11.3. The van der Waals surface area contributed by atoms with Crippen molar-refractivity contribution in [2.45, 2.75) is 89.9 Å². The molecule has 0 amide bonds. The van der Waals surface area contributed by atoms with Crippen molar-refractivity contribution in [3.63, 3.8) is 0 Å². The zero-order valence-electron chi connectivity index (χ0n) is 24.0. The van der Waals surface area contributed by atoms with E-state index in [1.54, 1.807) is 24.3 Å². The van der Waals surface area contributed by atoms with Gasteiger partial charge in [-0.1, -0.05) is 31.9 Å². The molecule has 1 aliphatic carbocycles. The molecule has 0 spiro atoms. The third kappa shape index (κ3) is 11.0. The van der Waals surface area contributed by atoms with E-state index in [9.17, 15) is 14.4 Å². The van der Waals surface area contributed by atoms with E-state index in [0.29, 0.717) is 36.2 Å². The Labute approximate surface area is 238 Å². The van der Waals surface area contributed by atoms with Gasteiger partial charge in [0.1, 0.15) is 11.5 Å². The third-order valence-electron chi connectivity index (χ3n) is 7.53. The van der Waals surface area contributed by atoms with Gasteiger partial charge < -0.3 is 18.9 Å². The quantitative estimate of drug-likeness (QED) is 0.122. The fourth-order valence-electron chi connectivity index (χ4n) is 5.17. The molecule has 0 saturated heterocycles. The standard InChI is InChI=1S/C33H44O7/c1-3-8-25-9-11-26(12-10-25)27-13-19-30(20-14-27)40-33(36)28-15-17-29(18-16-28)38-23-6-4-5-7-24-39-32(35)22-21-31(34)37-2/h13-20,25-26H,3-12,21-24H2,1-2H3. The third-order valence-corrected chi connectivity index (χ3v) is 7.53. The summed E-state index contributed by atoms with van der Waals surface area (Å²) in [5, 5.41) is 0. The molecule has 0 aromatic heterocycles. The second-order valence-electron chi connectivity index (χ2n) is 10.5. The Hall–Kier alpha value is -3.35. The molecule has 0 unspecified atom stereocenters. The summed E-state index contributed by atoms with van der Waals surface area (Å²) < 4.78 is 21.0. The Morgan fingerprint density at radius 1 is 0.750 bits per heavy atom. The highest BCUT2D eigenvalue weighted by atomic mass is 16.5. The van der Waals surface area contributed by atoms with E-state index < -0.39 is 5.97 Å². The molecule has 0 heterocycles. The minimum atomic E-state index is -0.415. The molecule has 7 nitrogen and oxygen atoms in total. The van der Waals surface area contributed by atoms with E-state index in [1.807, 2.05) is 12.1 Å². The van der Waals surface area contributed by atoms with E-state index in [4.69, 9.17) is 14.2 Å². The van der Waals surface area contributed by atoms with Gasteiger partial charge in [0, 0.05) is 0 Å². The lowest BCUT2D eigenvalue weighted by Crippen LogP contribution is -2.13. The number of hydrogen-bond acceptors (Lipinski definition) is 7. The summed E-state index contributed by atoms with van der Waals surface area (Å²) in [5.41, 5.74) is 1.82. The van der Waals surface area contributed by atoms with Crippen molar-refractivity contribution in [1.82, 2.24) is 0 Å². The van der Waals surface area contributed by atoms with Gasteiger partial charge in [-0.25, -0.2) is 4.79 Å². The molecular formula is C33H44O7. The van der Waals surface area contributed by atoms with Crippen LogP contribution < -0.4 is 9.47 Å². The van der Waals surface area contributed by atoms with Crippen LogP contribution in [0.3, 0.4) is 0 Å². The molecular weight excluding hydrogens is 508 g/mol. The second-order valence-corrected chi connectivity index (χ2v) is 10.5. The molecule has 7 heteroatoms. The first-order chi connectivity index (χ1) is 19.5. The van der Waals surface area contributed by atoms with E-state index in [-0.39, 0.29) is 24.8 Å². The number of carbonyl (C=O) groups is 3. The number of carbonyl (C=O) groups excluding carboxylic acids is 3. The summed E-state index contributed by atoms with van der Waals surface area (Å²) in [6.45, 7) is 3.18. The first-order valence-electron chi connectivity index (χ1n) is 14.8. The van der Waals surface area contributed by atoms with Gasteiger partial charge in [-0.05, 0) is 105 Å². The number of methoxy groups -OCH3 is 1. The zero-order valence-corrected chi connectivity index (χ0v) is 24.0. The van der Waals surface area contributed by atoms with Crippen LogP contribution >= 0.6 is 0 Å². The summed E-state index contributed by atoms with van der Waals surface area (Å²) in [7, 11) is 1.29. The van der Waals surface area contributed by atoms with Crippen molar-refractivity contribution >= 4 is 17.9 Å². The average molecular weight is 553 g/mol. The minimum Gasteiger partial charge on any atom is -0.494 e. The number of ether oxygens (including phenoxy) is 4. The molecule has 0 bridgehead atoms. The van der Waals surface area contributed by atoms with Gasteiger partial charge in [0.2, 0.25) is 0 Å². The first-order valence-corrected chi connectivity index (χ1v) is 14.8. The Morgan fingerprint density at radius 3 is 2.02 bits per heavy atom. The zero-order chi connectivity index (χ0) is 28.6. The van der Waals surface area contributed by atoms with Gasteiger partial charge in [0.25, 0.3) is 0 Å². The highest BCUT2D eigenvalue weighted by Gasteiger charge is 2.22. The lowest BCUT2D eigenvalue weighted by Gasteiger charge is -2.28. The number of benzene rings is 2. The highest BCUT2D eigenvalue weighted by Crippen LogP contribution is 2.37. The molecule has 0 radical (unpaired) electrons. The van der Waals surface area contributed by atoms with Crippen LogP contribution in [0.4, 0.5) is 0 Å². The predicted octanol–water partition coefficient (Wildman–Crippen LogP) is 7.42. The summed E-state index contributed by atoms with van der Waals surface area (Å²) in [5.74, 6) is 1.58. The lowest BCUT2D eigenvalue weighted by molar-refractivity contribution is -0.149. The van der Waals surface area contributed by atoms with Crippen LogP contribution in [-0.4, -0.2) is 38.2 Å². The number of rotatable bonds is 16. The van der Waals surface area contributed by atoms with Crippen LogP contribution in [0.15, 0.2) is 48.5 Å². The molecule has 3 rings (SSSR count). The van der Waals surface area contributed by atoms with Gasteiger partial charge in [-0.3, -0.25) is 9.59 Å². The summed E-state index contributed by atoms with van der Waals surface area (Å²) in [4.78, 5) is 35.1. The maximum Gasteiger partial charge on any atom is 0.343 e. The van der Waals surface area contributed by atoms with Crippen LogP contribution in [0.25, 0.3) is 0 Å². The Morgan fingerprint density at radius 2 is 1.38 bits per heavy atom. The molecule has 1 fully saturated rings. The molecule has 2 aromatic carbocycles. The lowest BCUT2D eigenvalue weighted by atomic mass is 9.77. The van der Waals surface area contributed by atoms with Crippen molar-refractivity contribution in [2.75, 3.05) is 20.3 Å². The highest BCUT2D eigenvalue weighted by molar-refractivity contribution is 5.91. The number of hydrogen-bond donors (Lipinski definition) is 0. The van der Waals surface area contributed by atoms with Crippen LogP contribution in [-0.2, 0) is 19.1 Å². The van der Waals surface area contributed by atoms with Crippen LogP contribution in [0.2, 0.25) is 0 Å². The van der Waals surface area contributed by atoms with E-state index in [1.165, 1.54) is 51.2 Å². The van der Waals surface area contributed by atoms with Crippen molar-refractivity contribution in [3.05, 3.63) is 59.7 Å². The number of unbranched alkanes of at least 4 members (excludes halogenated alkanes) is 3.